The van der Waals surface area contributed by atoms with Gasteiger partial charge in [-0.1, -0.05) is 12.8 Å². The smallest absolute Gasteiger partial charge is 0.222 e. The Labute approximate surface area is 129 Å². The van der Waals surface area contributed by atoms with Crippen molar-refractivity contribution in [3.8, 4) is 0 Å². The van der Waals surface area contributed by atoms with E-state index in [1.54, 1.807) is 0 Å². The molecular formula is C16H29ClN2O. The van der Waals surface area contributed by atoms with Gasteiger partial charge in [-0.25, -0.2) is 0 Å². The van der Waals surface area contributed by atoms with Gasteiger partial charge in [-0.3, -0.25) is 4.79 Å². The van der Waals surface area contributed by atoms with Gasteiger partial charge in [0.25, 0.3) is 0 Å². The van der Waals surface area contributed by atoms with Crippen LogP contribution >= 0.6 is 12.4 Å². The van der Waals surface area contributed by atoms with E-state index in [1.165, 1.54) is 38.5 Å². The fourth-order valence-electron chi connectivity index (χ4n) is 3.35. The normalized spacial score (nSPS) is 29.6. The van der Waals surface area contributed by atoms with Crippen LogP contribution < -0.4 is 5.73 Å². The minimum Gasteiger partial charge on any atom is -0.342 e. The van der Waals surface area contributed by atoms with E-state index in [4.69, 9.17) is 5.73 Å². The first-order valence-electron chi connectivity index (χ1n) is 8.25. The number of hydrogen-bond acceptors (Lipinski definition) is 2. The summed E-state index contributed by atoms with van der Waals surface area (Å²) < 4.78 is 0. The predicted octanol–water partition coefficient (Wildman–Crippen LogP) is 2.96. The zero-order chi connectivity index (χ0) is 13.2. The highest BCUT2D eigenvalue weighted by Gasteiger charge is 2.33. The fraction of sp³-hybridized carbons (Fsp3) is 0.938. The topological polar surface area (TPSA) is 46.3 Å². The molecule has 3 aliphatic carbocycles. The molecular weight excluding hydrogens is 272 g/mol. The van der Waals surface area contributed by atoms with Crippen molar-refractivity contribution in [2.24, 2.45) is 23.5 Å². The molecule has 3 nitrogen and oxygen atoms in total. The Balaban J connectivity index is 0.00000147. The summed E-state index contributed by atoms with van der Waals surface area (Å²) in [5.41, 5.74) is 6.18. The van der Waals surface area contributed by atoms with Crippen LogP contribution in [0.25, 0.3) is 0 Å². The van der Waals surface area contributed by atoms with Crippen molar-refractivity contribution in [2.75, 3.05) is 13.1 Å². The largest absolute Gasteiger partial charge is 0.342 e. The summed E-state index contributed by atoms with van der Waals surface area (Å²) in [6.45, 7) is 2.05. The number of nitrogens with zero attached hydrogens (tertiary/aromatic N) is 1. The van der Waals surface area contributed by atoms with Crippen LogP contribution in [0.2, 0.25) is 0 Å². The van der Waals surface area contributed by atoms with Gasteiger partial charge in [0.2, 0.25) is 5.91 Å². The molecule has 3 saturated carbocycles. The maximum absolute atomic E-state index is 12.6. The first-order valence-corrected chi connectivity index (χ1v) is 8.25. The summed E-state index contributed by atoms with van der Waals surface area (Å²) in [4.78, 5) is 14.7. The van der Waals surface area contributed by atoms with E-state index < -0.39 is 0 Å². The quantitative estimate of drug-likeness (QED) is 0.820. The number of amides is 1. The number of halogens is 1. The zero-order valence-corrected chi connectivity index (χ0v) is 13.2. The molecule has 2 N–H and O–H groups in total. The summed E-state index contributed by atoms with van der Waals surface area (Å²) in [6, 6.07) is 0.265. The van der Waals surface area contributed by atoms with E-state index in [1.807, 2.05) is 0 Å². The van der Waals surface area contributed by atoms with Gasteiger partial charge in [0, 0.05) is 25.6 Å². The first kappa shape index (κ1) is 16.1. The molecule has 0 spiro atoms. The molecule has 20 heavy (non-hydrogen) atoms. The van der Waals surface area contributed by atoms with Gasteiger partial charge in [-0.2, -0.15) is 0 Å². The third kappa shape index (κ3) is 4.63. The highest BCUT2D eigenvalue weighted by atomic mass is 35.5. The average molecular weight is 301 g/mol. The molecule has 0 aliphatic heterocycles. The number of carbonyl (C=O) groups is 1. The summed E-state index contributed by atoms with van der Waals surface area (Å²) in [7, 11) is 0. The van der Waals surface area contributed by atoms with Gasteiger partial charge in [0.05, 0.1) is 0 Å². The minimum atomic E-state index is 0. The maximum Gasteiger partial charge on any atom is 0.222 e. The molecule has 0 aromatic carbocycles. The molecule has 0 heterocycles. The standard InChI is InChI=1S/C16H28N2O.ClH/c17-15-4-2-1-3-14(15)9-16(19)18(10-12-5-6-12)11-13-7-8-13;/h12-15H,1-11,17H2;1H. The maximum atomic E-state index is 12.6. The van der Waals surface area contributed by atoms with Crippen LogP contribution in [0, 0.1) is 17.8 Å². The van der Waals surface area contributed by atoms with Crippen LogP contribution in [-0.4, -0.2) is 29.9 Å². The molecule has 4 heteroatoms. The van der Waals surface area contributed by atoms with E-state index in [0.717, 1.165) is 37.8 Å². The summed E-state index contributed by atoms with van der Waals surface area (Å²) in [6.07, 6.45) is 10.8. The molecule has 0 saturated heterocycles. The molecule has 2 unspecified atom stereocenters. The summed E-state index contributed by atoms with van der Waals surface area (Å²) in [5.74, 6) is 2.45. The lowest BCUT2D eigenvalue weighted by molar-refractivity contribution is -0.133. The average Bonchev–Trinajstić information content (AvgIpc) is 3.26. The van der Waals surface area contributed by atoms with E-state index in [0.29, 0.717) is 18.2 Å². The highest BCUT2D eigenvalue weighted by Crippen LogP contribution is 2.34. The van der Waals surface area contributed by atoms with Crippen molar-refractivity contribution in [1.29, 1.82) is 0 Å². The number of hydrogen-bond donors (Lipinski definition) is 1. The van der Waals surface area contributed by atoms with Gasteiger partial charge >= 0.3 is 0 Å². The molecule has 3 fully saturated rings. The third-order valence-corrected chi connectivity index (χ3v) is 5.11. The summed E-state index contributed by atoms with van der Waals surface area (Å²) in [5, 5.41) is 0. The first-order chi connectivity index (χ1) is 9.22. The number of rotatable bonds is 6. The lowest BCUT2D eigenvalue weighted by Gasteiger charge is -2.31. The Bertz CT molecular complexity index is 314. The SMILES string of the molecule is Cl.NC1CCCCC1CC(=O)N(CC1CC1)CC1CC1. The zero-order valence-electron chi connectivity index (χ0n) is 12.4. The van der Waals surface area contributed by atoms with E-state index in [-0.39, 0.29) is 18.4 Å². The second kappa shape index (κ2) is 7.13. The molecule has 116 valence electrons. The molecule has 0 radical (unpaired) electrons. The van der Waals surface area contributed by atoms with Gasteiger partial charge < -0.3 is 10.6 Å². The molecule has 3 aliphatic rings. The van der Waals surface area contributed by atoms with Gasteiger partial charge in [-0.15, -0.1) is 12.4 Å². The van der Waals surface area contributed by atoms with Crippen LogP contribution in [0.15, 0.2) is 0 Å². The number of nitrogens with two attached hydrogens (primary N) is 1. The molecule has 2 atom stereocenters. The van der Waals surface area contributed by atoms with Gasteiger partial charge in [-0.05, 0) is 56.3 Å². The van der Waals surface area contributed by atoms with E-state index >= 15 is 0 Å². The Morgan fingerprint density at radius 1 is 0.950 bits per heavy atom. The lowest BCUT2D eigenvalue weighted by Crippen LogP contribution is -2.40. The van der Waals surface area contributed by atoms with E-state index in [2.05, 4.69) is 4.90 Å². The Hall–Kier alpha value is -0.280. The van der Waals surface area contributed by atoms with Gasteiger partial charge in [0.1, 0.15) is 0 Å². The second-order valence-electron chi connectivity index (χ2n) is 7.10. The van der Waals surface area contributed by atoms with E-state index in [9.17, 15) is 4.79 Å². The fourth-order valence-corrected chi connectivity index (χ4v) is 3.35. The van der Waals surface area contributed by atoms with Crippen LogP contribution in [0.3, 0.4) is 0 Å². The predicted molar refractivity (Wildman–Crippen MR) is 83.8 cm³/mol. The van der Waals surface area contributed by atoms with Gasteiger partial charge in [0.15, 0.2) is 0 Å². The van der Waals surface area contributed by atoms with Crippen LogP contribution in [0.4, 0.5) is 0 Å². The lowest BCUT2D eigenvalue weighted by atomic mass is 9.82. The molecule has 0 aromatic heterocycles. The third-order valence-electron chi connectivity index (χ3n) is 5.11. The van der Waals surface area contributed by atoms with Crippen molar-refractivity contribution < 1.29 is 4.79 Å². The number of carbonyl (C=O) groups excluding carboxylic acids is 1. The molecule has 1 amide bonds. The monoisotopic (exact) mass is 300 g/mol. The van der Waals surface area contributed by atoms with Crippen molar-refractivity contribution in [3.05, 3.63) is 0 Å². The molecule has 0 aromatic rings. The van der Waals surface area contributed by atoms with Crippen LogP contribution in [-0.2, 0) is 4.79 Å². The minimum absolute atomic E-state index is 0. The Morgan fingerprint density at radius 2 is 1.50 bits per heavy atom. The van der Waals surface area contributed by atoms with Crippen LogP contribution in [0.5, 0.6) is 0 Å². The summed E-state index contributed by atoms with van der Waals surface area (Å²) >= 11 is 0. The van der Waals surface area contributed by atoms with Crippen molar-refractivity contribution in [3.63, 3.8) is 0 Å². The second-order valence-corrected chi connectivity index (χ2v) is 7.10. The Morgan fingerprint density at radius 3 is 2.00 bits per heavy atom. The van der Waals surface area contributed by atoms with Crippen molar-refractivity contribution in [1.82, 2.24) is 4.90 Å². The van der Waals surface area contributed by atoms with Crippen molar-refractivity contribution >= 4 is 18.3 Å². The molecule has 0 bridgehead atoms. The highest BCUT2D eigenvalue weighted by molar-refractivity contribution is 5.85. The van der Waals surface area contributed by atoms with Crippen LogP contribution in [0.1, 0.15) is 57.8 Å². The molecule has 3 rings (SSSR count). The van der Waals surface area contributed by atoms with Crippen molar-refractivity contribution in [2.45, 2.75) is 63.8 Å². The Kier molecular flexibility index (Phi) is 5.74.